The van der Waals surface area contributed by atoms with Crippen molar-refractivity contribution < 1.29 is 9.47 Å². The number of fused-ring (bicyclic) bond motifs is 1. The van der Waals surface area contributed by atoms with E-state index in [0.29, 0.717) is 6.79 Å². The Kier molecular flexibility index (Phi) is 3.57. The van der Waals surface area contributed by atoms with Gasteiger partial charge in [0.2, 0.25) is 6.79 Å². The maximum absolute atomic E-state index is 5.47. The lowest BCUT2D eigenvalue weighted by Gasteiger charge is -2.14. The van der Waals surface area contributed by atoms with Gasteiger partial charge < -0.3 is 14.8 Å². The van der Waals surface area contributed by atoms with Gasteiger partial charge in [-0.3, -0.25) is 0 Å². The highest BCUT2D eigenvalue weighted by atomic mass is 16.7. The standard InChI is InChI=1S/C19H19NO2/c1-2-15(10-14-6-8-20-9-7-14)11-16(3-1)17-4-5-18-19(12-17)22-13-21-18/h1-6,11-12,20H,7-10,13H2. The van der Waals surface area contributed by atoms with Crippen LogP contribution in [-0.4, -0.2) is 19.9 Å². The number of ether oxygens (including phenoxy) is 2. The molecule has 2 aromatic rings. The Morgan fingerprint density at radius 3 is 2.77 bits per heavy atom. The zero-order chi connectivity index (χ0) is 14.8. The second-order valence-corrected chi connectivity index (χ2v) is 5.76. The predicted molar refractivity (Wildman–Crippen MR) is 87.3 cm³/mol. The Morgan fingerprint density at radius 1 is 0.955 bits per heavy atom. The maximum Gasteiger partial charge on any atom is 0.231 e. The van der Waals surface area contributed by atoms with Crippen molar-refractivity contribution in [1.82, 2.24) is 5.32 Å². The van der Waals surface area contributed by atoms with Gasteiger partial charge in [0.25, 0.3) is 0 Å². The van der Waals surface area contributed by atoms with Gasteiger partial charge >= 0.3 is 0 Å². The second kappa shape index (κ2) is 5.85. The minimum absolute atomic E-state index is 0.320. The summed E-state index contributed by atoms with van der Waals surface area (Å²) in [5.74, 6) is 1.67. The zero-order valence-electron chi connectivity index (χ0n) is 12.5. The predicted octanol–water partition coefficient (Wildman–Crippen LogP) is 3.54. The lowest BCUT2D eigenvalue weighted by molar-refractivity contribution is 0.174. The highest BCUT2D eigenvalue weighted by Crippen LogP contribution is 2.36. The Hall–Kier alpha value is -2.26. The molecule has 2 aliphatic rings. The van der Waals surface area contributed by atoms with Crippen molar-refractivity contribution >= 4 is 0 Å². The molecule has 2 aliphatic heterocycles. The molecule has 0 atom stereocenters. The molecule has 0 saturated heterocycles. The summed E-state index contributed by atoms with van der Waals surface area (Å²) in [5.41, 5.74) is 5.29. The summed E-state index contributed by atoms with van der Waals surface area (Å²) >= 11 is 0. The molecule has 0 aromatic heterocycles. The molecule has 0 spiro atoms. The summed E-state index contributed by atoms with van der Waals surface area (Å²) in [6.45, 7) is 2.41. The van der Waals surface area contributed by atoms with Gasteiger partial charge in [0.1, 0.15) is 0 Å². The van der Waals surface area contributed by atoms with Crippen molar-refractivity contribution in [3.05, 3.63) is 59.7 Å². The van der Waals surface area contributed by atoms with Crippen LogP contribution in [0.15, 0.2) is 54.1 Å². The molecule has 0 radical (unpaired) electrons. The van der Waals surface area contributed by atoms with Gasteiger partial charge in [-0.05, 0) is 48.2 Å². The molecule has 1 N–H and O–H groups in total. The lowest BCUT2D eigenvalue weighted by Crippen LogP contribution is -2.21. The van der Waals surface area contributed by atoms with Crippen LogP contribution in [0, 0.1) is 0 Å². The number of hydrogen-bond donors (Lipinski definition) is 1. The van der Waals surface area contributed by atoms with E-state index in [1.807, 2.05) is 6.07 Å². The van der Waals surface area contributed by atoms with E-state index in [2.05, 4.69) is 47.8 Å². The molecule has 112 valence electrons. The molecular formula is C19H19NO2. The van der Waals surface area contributed by atoms with E-state index in [9.17, 15) is 0 Å². The Labute approximate surface area is 130 Å². The summed E-state index contributed by atoms with van der Waals surface area (Å²) in [6.07, 6.45) is 4.51. The molecule has 0 bridgehead atoms. The average Bonchev–Trinajstić information content (AvgIpc) is 3.04. The fourth-order valence-electron chi connectivity index (χ4n) is 3.03. The molecule has 22 heavy (non-hydrogen) atoms. The van der Waals surface area contributed by atoms with E-state index in [1.165, 1.54) is 22.3 Å². The third-order valence-electron chi connectivity index (χ3n) is 4.22. The molecular weight excluding hydrogens is 274 g/mol. The van der Waals surface area contributed by atoms with Crippen LogP contribution in [0.1, 0.15) is 12.0 Å². The smallest absolute Gasteiger partial charge is 0.231 e. The monoisotopic (exact) mass is 293 g/mol. The number of rotatable bonds is 3. The number of nitrogens with one attached hydrogen (secondary N) is 1. The molecule has 0 fully saturated rings. The maximum atomic E-state index is 5.47. The van der Waals surface area contributed by atoms with E-state index in [1.54, 1.807) is 0 Å². The third kappa shape index (κ3) is 2.72. The molecule has 0 aliphatic carbocycles. The van der Waals surface area contributed by atoms with Gasteiger partial charge in [0.15, 0.2) is 11.5 Å². The summed E-state index contributed by atoms with van der Waals surface area (Å²) in [5, 5.41) is 3.36. The molecule has 0 saturated carbocycles. The summed E-state index contributed by atoms with van der Waals surface area (Å²) in [4.78, 5) is 0. The highest BCUT2D eigenvalue weighted by molar-refractivity contribution is 5.68. The van der Waals surface area contributed by atoms with Crippen molar-refractivity contribution in [3.63, 3.8) is 0 Å². The van der Waals surface area contributed by atoms with Gasteiger partial charge in [-0.25, -0.2) is 0 Å². The molecule has 3 heteroatoms. The first-order valence-electron chi connectivity index (χ1n) is 7.76. The van der Waals surface area contributed by atoms with E-state index in [-0.39, 0.29) is 0 Å². The SMILES string of the molecule is C1=C(Cc2cccc(-c3ccc4c(c3)OCO4)c2)CCNC1. The number of benzene rings is 2. The van der Waals surface area contributed by atoms with Crippen LogP contribution in [0.5, 0.6) is 11.5 Å². The van der Waals surface area contributed by atoms with Gasteiger partial charge in [0, 0.05) is 6.54 Å². The van der Waals surface area contributed by atoms with Crippen molar-refractivity contribution in [1.29, 1.82) is 0 Å². The molecule has 2 aromatic carbocycles. The van der Waals surface area contributed by atoms with Crippen LogP contribution in [0.25, 0.3) is 11.1 Å². The Bertz CT molecular complexity index is 721. The quantitative estimate of drug-likeness (QED) is 0.878. The normalized spacial score (nSPS) is 16.5. The first-order chi connectivity index (χ1) is 10.9. The summed E-state index contributed by atoms with van der Waals surface area (Å²) < 4.78 is 10.9. The second-order valence-electron chi connectivity index (χ2n) is 5.76. The van der Waals surface area contributed by atoms with Gasteiger partial charge in [0.05, 0.1) is 0 Å². The summed E-state index contributed by atoms with van der Waals surface area (Å²) in [7, 11) is 0. The van der Waals surface area contributed by atoms with E-state index in [4.69, 9.17) is 9.47 Å². The van der Waals surface area contributed by atoms with Gasteiger partial charge in [-0.1, -0.05) is 42.0 Å². The first kappa shape index (κ1) is 13.4. The third-order valence-corrected chi connectivity index (χ3v) is 4.22. The van der Waals surface area contributed by atoms with E-state index in [0.717, 1.165) is 37.4 Å². The van der Waals surface area contributed by atoms with Gasteiger partial charge in [-0.2, -0.15) is 0 Å². The van der Waals surface area contributed by atoms with Crippen LogP contribution in [0.4, 0.5) is 0 Å². The molecule has 4 rings (SSSR count). The van der Waals surface area contributed by atoms with Crippen LogP contribution >= 0.6 is 0 Å². The molecule has 0 amide bonds. The summed E-state index contributed by atoms with van der Waals surface area (Å²) in [6, 6.07) is 14.9. The van der Waals surface area contributed by atoms with Crippen molar-refractivity contribution in [3.8, 4) is 22.6 Å². The number of hydrogen-bond acceptors (Lipinski definition) is 3. The zero-order valence-corrected chi connectivity index (χ0v) is 12.5. The fourth-order valence-corrected chi connectivity index (χ4v) is 3.03. The van der Waals surface area contributed by atoms with E-state index >= 15 is 0 Å². The molecule has 2 heterocycles. The minimum Gasteiger partial charge on any atom is -0.454 e. The largest absolute Gasteiger partial charge is 0.454 e. The van der Waals surface area contributed by atoms with Gasteiger partial charge in [-0.15, -0.1) is 0 Å². The topological polar surface area (TPSA) is 30.5 Å². The average molecular weight is 293 g/mol. The minimum atomic E-state index is 0.320. The molecule has 0 unspecified atom stereocenters. The van der Waals surface area contributed by atoms with Crippen molar-refractivity contribution in [2.75, 3.05) is 19.9 Å². The fraction of sp³-hybridized carbons (Fsp3) is 0.263. The first-order valence-corrected chi connectivity index (χ1v) is 7.76. The Morgan fingerprint density at radius 2 is 1.86 bits per heavy atom. The molecule has 3 nitrogen and oxygen atoms in total. The van der Waals surface area contributed by atoms with Crippen LogP contribution in [0.3, 0.4) is 0 Å². The van der Waals surface area contributed by atoms with Crippen molar-refractivity contribution in [2.24, 2.45) is 0 Å². The van der Waals surface area contributed by atoms with Crippen LogP contribution in [0.2, 0.25) is 0 Å². The highest BCUT2D eigenvalue weighted by Gasteiger charge is 2.14. The van der Waals surface area contributed by atoms with Crippen LogP contribution < -0.4 is 14.8 Å². The van der Waals surface area contributed by atoms with Crippen molar-refractivity contribution in [2.45, 2.75) is 12.8 Å². The Balaban J connectivity index is 1.60. The van der Waals surface area contributed by atoms with Crippen LogP contribution in [-0.2, 0) is 6.42 Å². The lowest BCUT2D eigenvalue weighted by atomic mass is 9.96. The van der Waals surface area contributed by atoms with E-state index < -0.39 is 0 Å².